The van der Waals surface area contributed by atoms with Crippen molar-refractivity contribution in [1.82, 2.24) is 5.32 Å². The third-order valence-electron chi connectivity index (χ3n) is 3.17. The second kappa shape index (κ2) is 7.78. The van der Waals surface area contributed by atoms with Gasteiger partial charge in [0.1, 0.15) is 18.1 Å². The van der Waals surface area contributed by atoms with E-state index in [1.54, 1.807) is 0 Å². The molecule has 2 rings (SSSR count). The summed E-state index contributed by atoms with van der Waals surface area (Å²) >= 11 is 3.42. The van der Waals surface area contributed by atoms with Crippen LogP contribution in [0, 0.1) is 6.92 Å². The predicted molar refractivity (Wildman–Crippen MR) is 88.1 cm³/mol. The number of benzene rings is 1. The Balaban J connectivity index is 1.83. The van der Waals surface area contributed by atoms with Crippen molar-refractivity contribution in [2.75, 3.05) is 0 Å². The minimum absolute atomic E-state index is 0.451. The van der Waals surface area contributed by atoms with E-state index in [-0.39, 0.29) is 0 Å². The Hall–Kier alpha value is -1.10. The lowest BCUT2D eigenvalue weighted by Crippen LogP contribution is -2.21. The second-order valence-electron chi connectivity index (χ2n) is 5.47. The van der Waals surface area contributed by atoms with Crippen LogP contribution in [0.4, 0.5) is 0 Å². The number of rotatable bonds is 7. The predicted octanol–water partition coefficient (Wildman–Crippen LogP) is 4.57. The molecule has 0 unspecified atom stereocenters. The normalized spacial score (nSPS) is 11.3. The van der Waals surface area contributed by atoms with E-state index >= 15 is 0 Å². The Bertz CT molecular complexity index is 561. The minimum atomic E-state index is 0.451. The molecule has 1 N–H and O–H groups in total. The lowest BCUT2D eigenvalue weighted by Gasteiger charge is -2.06. The van der Waals surface area contributed by atoms with Crippen LogP contribution in [-0.2, 0) is 24.5 Å². The van der Waals surface area contributed by atoms with Gasteiger partial charge in [-0.1, -0.05) is 41.9 Å². The maximum Gasteiger partial charge on any atom is 0.130 e. The van der Waals surface area contributed by atoms with Crippen LogP contribution in [0.3, 0.4) is 0 Å². The van der Waals surface area contributed by atoms with Crippen LogP contribution in [0.5, 0.6) is 0 Å². The molecule has 114 valence electrons. The van der Waals surface area contributed by atoms with Crippen molar-refractivity contribution in [3.8, 4) is 0 Å². The number of nitrogens with one attached hydrogen (secondary N) is 1. The van der Waals surface area contributed by atoms with Crippen LogP contribution in [0.1, 0.15) is 36.5 Å². The van der Waals surface area contributed by atoms with E-state index in [1.807, 2.05) is 12.1 Å². The lowest BCUT2D eigenvalue weighted by molar-refractivity contribution is 0.0919. The first kappa shape index (κ1) is 16.3. The van der Waals surface area contributed by atoms with Crippen LogP contribution in [0.25, 0.3) is 0 Å². The topological polar surface area (TPSA) is 34.4 Å². The van der Waals surface area contributed by atoms with Crippen LogP contribution >= 0.6 is 15.9 Å². The van der Waals surface area contributed by atoms with Gasteiger partial charge in [-0.3, -0.25) is 0 Å². The Morgan fingerprint density at radius 3 is 2.57 bits per heavy atom. The molecule has 0 fully saturated rings. The third-order valence-corrected chi connectivity index (χ3v) is 3.70. The molecule has 0 aliphatic heterocycles. The van der Waals surface area contributed by atoms with Crippen molar-refractivity contribution < 1.29 is 9.15 Å². The van der Waals surface area contributed by atoms with E-state index in [4.69, 9.17) is 9.15 Å². The van der Waals surface area contributed by atoms with Gasteiger partial charge < -0.3 is 14.5 Å². The molecule has 0 amide bonds. The fourth-order valence-corrected chi connectivity index (χ4v) is 2.25. The number of ether oxygens (including phenoxy) is 1. The molecule has 0 saturated carbocycles. The lowest BCUT2D eigenvalue weighted by atomic mass is 10.2. The maximum atomic E-state index is 5.83. The maximum absolute atomic E-state index is 5.83. The number of aryl methyl sites for hydroxylation is 1. The van der Waals surface area contributed by atoms with Gasteiger partial charge in [0.2, 0.25) is 0 Å². The average molecular weight is 352 g/mol. The fraction of sp³-hybridized carbons (Fsp3) is 0.412. The molecule has 4 heteroatoms. The van der Waals surface area contributed by atoms with E-state index in [9.17, 15) is 0 Å². The van der Waals surface area contributed by atoms with Crippen molar-refractivity contribution in [3.63, 3.8) is 0 Å². The van der Waals surface area contributed by atoms with Gasteiger partial charge in [0.15, 0.2) is 0 Å². The second-order valence-corrected chi connectivity index (χ2v) is 6.39. The smallest absolute Gasteiger partial charge is 0.130 e. The standard InChI is InChI=1S/C17H22BrNO2/c1-12(2)19-9-17-13(3)8-16(21-17)11-20-10-14-4-6-15(18)7-5-14/h4-8,12,19H,9-11H2,1-3H3. The molecule has 0 radical (unpaired) electrons. The number of hydrogen-bond donors (Lipinski definition) is 1. The van der Waals surface area contributed by atoms with Crippen LogP contribution in [0.2, 0.25) is 0 Å². The molecule has 0 atom stereocenters. The van der Waals surface area contributed by atoms with Gasteiger partial charge in [-0.2, -0.15) is 0 Å². The highest BCUT2D eigenvalue weighted by molar-refractivity contribution is 9.10. The summed E-state index contributed by atoms with van der Waals surface area (Å²) in [4.78, 5) is 0. The van der Waals surface area contributed by atoms with Crippen LogP contribution in [-0.4, -0.2) is 6.04 Å². The van der Waals surface area contributed by atoms with Gasteiger partial charge in [0.05, 0.1) is 13.2 Å². The summed E-state index contributed by atoms with van der Waals surface area (Å²) in [5.41, 5.74) is 2.33. The number of hydrogen-bond acceptors (Lipinski definition) is 3. The molecule has 1 aromatic carbocycles. The Morgan fingerprint density at radius 2 is 1.90 bits per heavy atom. The monoisotopic (exact) mass is 351 g/mol. The summed E-state index contributed by atoms with van der Waals surface area (Å²) in [6.45, 7) is 8.17. The Morgan fingerprint density at radius 1 is 1.19 bits per heavy atom. The molecule has 2 aromatic rings. The minimum Gasteiger partial charge on any atom is -0.462 e. The van der Waals surface area contributed by atoms with Gasteiger partial charge in [-0.25, -0.2) is 0 Å². The molecular formula is C17H22BrNO2. The SMILES string of the molecule is Cc1cc(COCc2ccc(Br)cc2)oc1CNC(C)C. The molecule has 0 saturated heterocycles. The van der Waals surface area contributed by atoms with Crippen molar-refractivity contribution >= 4 is 15.9 Å². The third kappa shape index (κ3) is 5.30. The first-order valence-electron chi connectivity index (χ1n) is 7.18. The van der Waals surface area contributed by atoms with Crippen LogP contribution < -0.4 is 5.32 Å². The first-order chi connectivity index (χ1) is 10.0. The highest BCUT2D eigenvalue weighted by Crippen LogP contribution is 2.17. The van der Waals surface area contributed by atoms with Gasteiger partial charge in [-0.15, -0.1) is 0 Å². The largest absolute Gasteiger partial charge is 0.462 e. The number of halogens is 1. The highest BCUT2D eigenvalue weighted by Gasteiger charge is 2.08. The Labute approximate surface area is 134 Å². The molecule has 0 aliphatic rings. The summed E-state index contributed by atoms with van der Waals surface area (Å²) in [7, 11) is 0. The van der Waals surface area contributed by atoms with E-state index < -0.39 is 0 Å². The zero-order valence-electron chi connectivity index (χ0n) is 12.8. The first-order valence-corrected chi connectivity index (χ1v) is 7.97. The van der Waals surface area contributed by atoms with E-state index in [0.717, 1.165) is 28.1 Å². The van der Waals surface area contributed by atoms with E-state index in [2.05, 4.69) is 60.2 Å². The van der Waals surface area contributed by atoms with Crippen molar-refractivity contribution in [2.45, 2.75) is 46.6 Å². The zero-order chi connectivity index (χ0) is 15.2. The summed E-state index contributed by atoms with van der Waals surface area (Å²) in [6.07, 6.45) is 0. The van der Waals surface area contributed by atoms with Gasteiger partial charge in [-0.05, 0) is 36.2 Å². The molecule has 21 heavy (non-hydrogen) atoms. The Kier molecular flexibility index (Phi) is 6.03. The van der Waals surface area contributed by atoms with Gasteiger partial charge in [0.25, 0.3) is 0 Å². The molecule has 3 nitrogen and oxygen atoms in total. The van der Waals surface area contributed by atoms with Gasteiger partial charge >= 0.3 is 0 Å². The molecular weight excluding hydrogens is 330 g/mol. The zero-order valence-corrected chi connectivity index (χ0v) is 14.4. The summed E-state index contributed by atoms with van der Waals surface area (Å²) < 4.78 is 12.6. The van der Waals surface area contributed by atoms with E-state index in [0.29, 0.717) is 19.3 Å². The fourth-order valence-electron chi connectivity index (χ4n) is 1.98. The molecule has 1 aromatic heterocycles. The molecule has 0 bridgehead atoms. The van der Waals surface area contributed by atoms with Crippen molar-refractivity contribution in [1.29, 1.82) is 0 Å². The van der Waals surface area contributed by atoms with Crippen molar-refractivity contribution in [3.05, 3.63) is 57.5 Å². The summed E-state index contributed by atoms with van der Waals surface area (Å²) in [6, 6.07) is 10.6. The summed E-state index contributed by atoms with van der Waals surface area (Å²) in [5.74, 6) is 1.87. The average Bonchev–Trinajstić information content (AvgIpc) is 2.79. The van der Waals surface area contributed by atoms with E-state index in [1.165, 1.54) is 5.56 Å². The number of furan rings is 1. The van der Waals surface area contributed by atoms with Gasteiger partial charge in [0, 0.05) is 10.5 Å². The summed E-state index contributed by atoms with van der Waals surface area (Å²) in [5, 5.41) is 3.36. The molecule has 0 spiro atoms. The van der Waals surface area contributed by atoms with Crippen molar-refractivity contribution in [2.24, 2.45) is 0 Å². The molecule has 0 aliphatic carbocycles. The quantitative estimate of drug-likeness (QED) is 0.793. The van der Waals surface area contributed by atoms with Crippen LogP contribution in [0.15, 0.2) is 39.2 Å². The highest BCUT2D eigenvalue weighted by atomic mass is 79.9. The molecule has 1 heterocycles.